The van der Waals surface area contributed by atoms with Crippen LogP contribution in [-0.4, -0.2) is 35.0 Å². The summed E-state index contributed by atoms with van der Waals surface area (Å²) in [6.07, 6.45) is 1.06. The van der Waals surface area contributed by atoms with Gasteiger partial charge in [-0.05, 0) is 62.2 Å². The zero-order chi connectivity index (χ0) is 24.2. The van der Waals surface area contributed by atoms with Crippen LogP contribution in [0, 0.1) is 11.3 Å². The molecule has 0 saturated carbocycles. The lowest BCUT2D eigenvalue weighted by Crippen LogP contribution is -2.29. The van der Waals surface area contributed by atoms with E-state index in [0.717, 1.165) is 0 Å². The van der Waals surface area contributed by atoms with Crippen molar-refractivity contribution < 1.29 is 29.4 Å². The Kier molecular flexibility index (Phi) is 10.4. The second kappa shape index (κ2) is 13.2. The molecule has 0 aliphatic heterocycles. The molecule has 2 amide bonds. The second-order valence-electron chi connectivity index (χ2n) is 6.79. The fourth-order valence-electron chi connectivity index (χ4n) is 3.01. The molecule has 0 saturated heterocycles. The van der Waals surface area contributed by atoms with Crippen molar-refractivity contribution in [2.45, 2.75) is 32.0 Å². The van der Waals surface area contributed by atoms with Gasteiger partial charge in [0.1, 0.15) is 5.75 Å². The van der Waals surface area contributed by atoms with E-state index in [1.165, 1.54) is 17.6 Å². The molecule has 4 N–H and O–H groups in total. The van der Waals surface area contributed by atoms with Gasteiger partial charge in [0.2, 0.25) is 0 Å². The van der Waals surface area contributed by atoms with Crippen LogP contribution in [0.1, 0.15) is 37.0 Å². The maximum atomic E-state index is 12.7. The van der Waals surface area contributed by atoms with Gasteiger partial charge in [0.05, 0.1) is 17.7 Å². The zero-order valence-corrected chi connectivity index (χ0v) is 19.4. The van der Waals surface area contributed by atoms with E-state index in [4.69, 9.17) is 19.9 Å². The summed E-state index contributed by atoms with van der Waals surface area (Å²) in [6.45, 7) is 2.11. The van der Waals surface area contributed by atoms with E-state index >= 15 is 0 Å². The third-order valence-electron chi connectivity index (χ3n) is 4.51. The number of nitrogens with one attached hydrogen (secondary N) is 2. The van der Waals surface area contributed by atoms with Crippen molar-refractivity contribution in [3.05, 3.63) is 70.2 Å². The van der Waals surface area contributed by atoms with Crippen LogP contribution in [-0.2, 0) is 14.3 Å². The molecule has 0 heterocycles. The molecule has 0 fully saturated rings. The van der Waals surface area contributed by atoms with Crippen molar-refractivity contribution in [3.8, 4) is 11.8 Å². The molecule has 10 heteroatoms. The number of hydrogen-bond donors (Lipinski definition) is 4. The molecule has 0 radical (unpaired) electrons. The highest BCUT2D eigenvalue weighted by Gasteiger charge is 2.30. The Bertz CT molecular complexity index is 1020. The molecule has 0 spiro atoms. The van der Waals surface area contributed by atoms with Gasteiger partial charge in [0.15, 0.2) is 6.10 Å². The summed E-state index contributed by atoms with van der Waals surface area (Å²) in [5, 5.41) is 30.5. The number of halogens is 1. The largest absolute Gasteiger partial charge is 0.508 e. The molecule has 2 aromatic carbocycles. The van der Waals surface area contributed by atoms with Crippen LogP contribution in [0.5, 0.6) is 5.75 Å². The first-order chi connectivity index (χ1) is 15.9. The molecule has 9 nitrogen and oxygen atoms in total. The fraction of sp³-hybridized carbons (Fsp3) is 0.261. The first-order valence-corrected chi connectivity index (χ1v) is 10.9. The number of hydroxylamine groups is 1. The van der Waals surface area contributed by atoms with Crippen LogP contribution in [0.3, 0.4) is 0 Å². The van der Waals surface area contributed by atoms with Gasteiger partial charge in [-0.15, -0.1) is 0 Å². The Morgan fingerprint density at radius 1 is 1.24 bits per heavy atom. The van der Waals surface area contributed by atoms with E-state index in [2.05, 4.69) is 21.2 Å². The second-order valence-corrected chi connectivity index (χ2v) is 7.71. The lowest BCUT2D eigenvalue weighted by atomic mass is 9.99. The average Bonchev–Trinajstić information content (AvgIpc) is 2.81. The van der Waals surface area contributed by atoms with Crippen LogP contribution >= 0.6 is 15.9 Å². The van der Waals surface area contributed by atoms with Gasteiger partial charge in [0.25, 0.3) is 5.91 Å². The molecule has 2 atom stereocenters. The van der Waals surface area contributed by atoms with Gasteiger partial charge >= 0.3 is 6.09 Å². The Morgan fingerprint density at radius 2 is 1.97 bits per heavy atom. The summed E-state index contributed by atoms with van der Waals surface area (Å²) in [5.41, 5.74) is 2.73. The lowest BCUT2D eigenvalue weighted by Gasteiger charge is -2.28. The molecule has 33 heavy (non-hydrogen) atoms. The van der Waals surface area contributed by atoms with E-state index in [0.29, 0.717) is 40.7 Å². The number of allylic oxidation sites excluding steroid dienone is 1. The van der Waals surface area contributed by atoms with Crippen LogP contribution in [0.15, 0.2) is 59.1 Å². The molecule has 174 valence electrons. The van der Waals surface area contributed by atoms with Gasteiger partial charge in [-0.25, -0.2) is 10.3 Å². The SMILES string of the molecule is CCO[C@@H](CC/C=C/C(=O)NO)[C@@H](OC(=O)Nc1ccc(C#N)cc1)c1cc(Br)ccc1O. The van der Waals surface area contributed by atoms with Crippen LogP contribution in [0.4, 0.5) is 10.5 Å². The minimum atomic E-state index is -0.971. The molecule has 0 bridgehead atoms. The number of benzene rings is 2. The van der Waals surface area contributed by atoms with Gasteiger partial charge in [-0.1, -0.05) is 22.0 Å². The number of phenolic OH excluding ortho intramolecular Hbond substituents is 1. The van der Waals surface area contributed by atoms with E-state index in [1.807, 2.05) is 6.07 Å². The minimum Gasteiger partial charge on any atom is -0.508 e. The maximum Gasteiger partial charge on any atom is 0.412 e. The number of nitrogens with zero attached hydrogens (tertiary/aromatic N) is 1. The predicted molar refractivity (Wildman–Crippen MR) is 124 cm³/mol. The standard InChI is InChI=1S/C23H24BrN3O6/c1-2-32-20(5-3-4-6-21(29)27-31)22(18-13-16(24)9-12-19(18)28)33-23(30)26-17-10-7-15(14-25)8-11-17/h4,6-13,20,22,28,31H,2-3,5H2,1H3,(H,26,30)(H,27,29)/b6-4+/t20-,22-/m0/s1. The predicted octanol–water partition coefficient (Wildman–Crippen LogP) is 4.56. The summed E-state index contributed by atoms with van der Waals surface area (Å²) >= 11 is 3.36. The highest BCUT2D eigenvalue weighted by Crippen LogP contribution is 2.35. The Morgan fingerprint density at radius 3 is 2.61 bits per heavy atom. The number of aromatic hydroxyl groups is 1. The van der Waals surface area contributed by atoms with E-state index in [1.54, 1.807) is 49.4 Å². The summed E-state index contributed by atoms with van der Waals surface area (Å²) in [4.78, 5) is 23.8. The first-order valence-electron chi connectivity index (χ1n) is 10.1. The van der Waals surface area contributed by atoms with E-state index in [9.17, 15) is 14.7 Å². The zero-order valence-electron chi connectivity index (χ0n) is 17.8. The van der Waals surface area contributed by atoms with Crippen LogP contribution in [0.2, 0.25) is 0 Å². The minimum absolute atomic E-state index is 0.0747. The van der Waals surface area contributed by atoms with Crippen molar-refractivity contribution in [3.63, 3.8) is 0 Å². The van der Waals surface area contributed by atoms with Crippen molar-refractivity contribution in [1.82, 2.24) is 5.48 Å². The Hall–Kier alpha value is -3.39. The number of nitriles is 1. The number of rotatable bonds is 10. The molecule has 2 rings (SSSR count). The molecule has 0 aliphatic carbocycles. The van der Waals surface area contributed by atoms with E-state index < -0.39 is 24.2 Å². The third-order valence-corrected chi connectivity index (χ3v) is 5.00. The van der Waals surface area contributed by atoms with Gasteiger partial charge in [-0.3, -0.25) is 15.3 Å². The highest BCUT2D eigenvalue weighted by atomic mass is 79.9. The van der Waals surface area contributed by atoms with Crippen molar-refractivity contribution in [1.29, 1.82) is 5.26 Å². The third kappa shape index (κ3) is 8.23. The summed E-state index contributed by atoms with van der Waals surface area (Å²) < 4.78 is 12.2. The highest BCUT2D eigenvalue weighted by molar-refractivity contribution is 9.10. The molecule has 2 aromatic rings. The number of ether oxygens (including phenoxy) is 2. The lowest BCUT2D eigenvalue weighted by molar-refractivity contribution is -0.124. The maximum absolute atomic E-state index is 12.7. The number of carbonyl (C=O) groups is 2. The van der Waals surface area contributed by atoms with Crippen LogP contribution in [0.25, 0.3) is 0 Å². The average molecular weight is 518 g/mol. The topological polar surface area (TPSA) is 141 Å². The number of amides is 2. The van der Waals surface area contributed by atoms with Crippen molar-refractivity contribution in [2.75, 3.05) is 11.9 Å². The monoisotopic (exact) mass is 517 g/mol. The summed E-state index contributed by atoms with van der Waals surface area (Å²) in [6, 6.07) is 13.0. The summed E-state index contributed by atoms with van der Waals surface area (Å²) in [5.74, 6) is -0.739. The number of hydrogen-bond acceptors (Lipinski definition) is 7. The molecular weight excluding hydrogens is 494 g/mol. The molecule has 0 unspecified atom stereocenters. The smallest absolute Gasteiger partial charge is 0.412 e. The van der Waals surface area contributed by atoms with Gasteiger partial charge < -0.3 is 14.6 Å². The number of anilines is 1. The molecule has 0 aromatic heterocycles. The number of phenols is 1. The Labute approximate surface area is 199 Å². The number of carbonyl (C=O) groups excluding carboxylic acids is 2. The van der Waals surface area contributed by atoms with E-state index in [-0.39, 0.29) is 5.75 Å². The van der Waals surface area contributed by atoms with Gasteiger partial charge in [-0.2, -0.15) is 5.26 Å². The first kappa shape index (κ1) is 25.9. The summed E-state index contributed by atoms with van der Waals surface area (Å²) in [7, 11) is 0. The van der Waals surface area contributed by atoms with Gasteiger partial charge in [0, 0.05) is 28.4 Å². The van der Waals surface area contributed by atoms with Crippen molar-refractivity contribution >= 4 is 33.6 Å². The Balaban J connectivity index is 2.25. The van der Waals surface area contributed by atoms with Crippen molar-refractivity contribution in [2.24, 2.45) is 0 Å². The normalized spacial score (nSPS) is 12.5. The molecule has 0 aliphatic rings. The quantitative estimate of drug-likeness (QED) is 0.205. The van der Waals surface area contributed by atoms with Crippen LogP contribution < -0.4 is 10.8 Å². The molecular formula is C23H24BrN3O6. The fourth-order valence-corrected chi connectivity index (χ4v) is 3.39.